The zero-order valence-corrected chi connectivity index (χ0v) is 14.1. The third kappa shape index (κ3) is 3.46. The van der Waals surface area contributed by atoms with Crippen LogP contribution in [0.15, 0.2) is 47.4 Å². The molecule has 0 aliphatic rings. The van der Waals surface area contributed by atoms with Crippen LogP contribution in [0.5, 0.6) is 0 Å². The van der Waals surface area contributed by atoms with Crippen molar-refractivity contribution in [2.75, 3.05) is 10.8 Å². The summed E-state index contributed by atoms with van der Waals surface area (Å²) in [4.78, 5) is 10.1. The Kier molecular flexibility index (Phi) is 4.91. The van der Waals surface area contributed by atoms with Gasteiger partial charge >= 0.3 is 0 Å². The topological polar surface area (TPSA) is 80.5 Å². The van der Waals surface area contributed by atoms with Gasteiger partial charge in [0.2, 0.25) is 0 Å². The first kappa shape index (κ1) is 17.2. The number of anilines is 1. The highest BCUT2D eigenvalue weighted by molar-refractivity contribution is 7.92. The van der Waals surface area contributed by atoms with E-state index in [0.29, 0.717) is 10.7 Å². The Balaban J connectivity index is 2.51. The Hall–Kier alpha value is -2.12. The van der Waals surface area contributed by atoms with E-state index in [1.54, 1.807) is 32.0 Å². The maximum absolute atomic E-state index is 12.8. The molecule has 0 aliphatic carbocycles. The zero-order chi connectivity index (χ0) is 17.2. The summed E-state index contributed by atoms with van der Waals surface area (Å²) in [5.74, 6) is 0. The van der Waals surface area contributed by atoms with Crippen LogP contribution in [-0.2, 0) is 10.0 Å². The molecular formula is C15H15ClN2O4S. The zero-order valence-electron chi connectivity index (χ0n) is 12.6. The van der Waals surface area contributed by atoms with E-state index in [0.717, 1.165) is 5.56 Å². The van der Waals surface area contributed by atoms with E-state index in [4.69, 9.17) is 11.6 Å². The summed E-state index contributed by atoms with van der Waals surface area (Å²) in [6.07, 6.45) is 0. The van der Waals surface area contributed by atoms with Crippen molar-refractivity contribution in [3.8, 4) is 0 Å². The molecule has 0 radical (unpaired) electrons. The van der Waals surface area contributed by atoms with Gasteiger partial charge in [-0.15, -0.1) is 0 Å². The molecule has 2 aromatic carbocycles. The monoisotopic (exact) mass is 354 g/mol. The largest absolute Gasteiger partial charge is 0.269 e. The first-order chi connectivity index (χ1) is 10.8. The highest BCUT2D eigenvalue weighted by atomic mass is 35.5. The lowest BCUT2D eigenvalue weighted by Crippen LogP contribution is -2.31. The van der Waals surface area contributed by atoms with Crippen LogP contribution in [0.2, 0.25) is 5.02 Å². The van der Waals surface area contributed by atoms with Gasteiger partial charge in [0.05, 0.1) is 15.5 Å². The molecule has 23 heavy (non-hydrogen) atoms. The van der Waals surface area contributed by atoms with Crippen molar-refractivity contribution >= 4 is 33.0 Å². The predicted octanol–water partition coefficient (Wildman–Crippen LogP) is 3.77. The van der Waals surface area contributed by atoms with E-state index >= 15 is 0 Å². The van der Waals surface area contributed by atoms with Gasteiger partial charge in [0, 0.05) is 23.7 Å². The van der Waals surface area contributed by atoms with E-state index < -0.39 is 14.9 Å². The molecule has 0 N–H and O–H groups in total. The number of benzene rings is 2. The molecule has 0 saturated heterocycles. The van der Waals surface area contributed by atoms with Crippen molar-refractivity contribution in [1.29, 1.82) is 0 Å². The summed E-state index contributed by atoms with van der Waals surface area (Å²) >= 11 is 5.97. The lowest BCUT2D eigenvalue weighted by molar-refractivity contribution is -0.384. The van der Waals surface area contributed by atoms with Crippen LogP contribution in [0.3, 0.4) is 0 Å². The fourth-order valence-corrected chi connectivity index (χ4v) is 3.88. The lowest BCUT2D eigenvalue weighted by Gasteiger charge is -2.24. The molecule has 0 bridgehead atoms. The number of rotatable bonds is 5. The van der Waals surface area contributed by atoms with Crippen LogP contribution in [0.1, 0.15) is 12.5 Å². The second-order valence-electron chi connectivity index (χ2n) is 4.85. The molecule has 0 spiro atoms. The first-order valence-corrected chi connectivity index (χ1v) is 8.62. The number of non-ortho nitro benzene ring substituents is 1. The standard InChI is InChI=1S/C15H15ClN2O4S/c1-3-17(15-10-12(16)5-4-11(15)2)23(21,22)14-8-6-13(7-9-14)18(19)20/h4-10H,3H2,1-2H3. The molecule has 0 aromatic heterocycles. The molecule has 2 aromatic rings. The highest BCUT2D eigenvalue weighted by Gasteiger charge is 2.25. The number of sulfonamides is 1. The van der Waals surface area contributed by atoms with Crippen LogP contribution in [0, 0.1) is 17.0 Å². The van der Waals surface area contributed by atoms with Gasteiger partial charge in [-0.05, 0) is 43.7 Å². The van der Waals surface area contributed by atoms with Gasteiger partial charge in [0.1, 0.15) is 0 Å². The van der Waals surface area contributed by atoms with Crippen LogP contribution in [-0.4, -0.2) is 19.9 Å². The summed E-state index contributed by atoms with van der Waals surface area (Å²) in [7, 11) is -3.83. The van der Waals surface area contributed by atoms with Gasteiger partial charge in [-0.1, -0.05) is 17.7 Å². The molecule has 0 atom stereocenters. The van der Waals surface area contributed by atoms with E-state index in [9.17, 15) is 18.5 Å². The summed E-state index contributed by atoms with van der Waals surface area (Å²) in [6.45, 7) is 3.71. The molecule has 0 unspecified atom stereocenters. The van der Waals surface area contributed by atoms with Gasteiger partial charge in [0.25, 0.3) is 15.7 Å². The second-order valence-corrected chi connectivity index (χ2v) is 7.15. The van der Waals surface area contributed by atoms with Crippen molar-refractivity contribution < 1.29 is 13.3 Å². The molecule has 2 rings (SSSR count). The van der Waals surface area contributed by atoms with Crippen LogP contribution < -0.4 is 4.31 Å². The molecular weight excluding hydrogens is 340 g/mol. The van der Waals surface area contributed by atoms with Gasteiger partial charge in [-0.25, -0.2) is 8.42 Å². The van der Waals surface area contributed by atoms with Gasteiger partial charge in [0.15, 0.2) is 0 Å². The SMILES string of the molecule is CCN(c1cc(Cl)ccc1C)S(=O)(=O)c1ccc([N+](=O)[O-])cc1. The van der Waals surface area contributed by atoms with E-state index in [2.05, 4.69) is 0 Å². The van der Waals surface area contributed by atoms with Gasteiger partial charge in [-0.2, -0.15) is 0 Å². The number of nitro groups is 1. The Labute approximate surface area is 139 Å². The molecule has 0 saturated carbocycles. The fourth-order valence-electron chi connectivity index (χ4n) is 2.19. The third-order valence-electron chi connectivity index (χ3n) is 3.36. The summed E-state index contributed by atoms with van der Waals surface area (Å²) in [6, 6.07) is 9.82. The minimum Gasteiger partial charge on any atom is -0.266 e. The number of nitrogens with zero attached hydrogens (tertiary/aromatic N) is 2. The summed E-state index contributed by atoms with van der Waals surface area (Å²) < 4.78 is 26.9. The quantitative estimate of drug-likeness (QED) is 0.604. The van der Waals surface area contributed by atoms with Crippen molar-refractivity contribution in [1.82, 2.24) is 0 Å². The summed E-state index contributed by atoms with van der Waals surface area (Å²) in [5, 5.41) is 11.1. The highest BCUT2D eigenvalue weighted by Crippen LogP contribution is 2.29. The molecule has 8 heteroatoms. The van der Waals surface area contributed by atoms with E-state index in [-0.39, 0.29) is 17.1 Å². The number of nitro benzene ring substituents is 1. The Morgan fingerprint density at radius 1 is 1.17 bits per heavy atom. The van der Waals surface area contributed by atoms with Crippen molar-refractivity contribution in [2.45, 2.75) is 18.7 Å². The molecule has 0 fully saturated rings. The lowest BCUT2D eigenvalue weighted by atomic mass is 10.2. The number of hydrogen-bond acceptors (Lipinski definition) is 4. The maximum atomic E-state index is 12.8. The Morgan fingerprint density at radius 2 is 1.78 bits per heavy atom. The van der Waals surface area contributed by atoms with Crippen molar-refractivity contribution in [3.63, 3.8) is 0 Å². The minimum atomic E-state index is -3.83. The molecule has 122 valence electrons. The van der Waals surface area contributed by atoms with Gasteiger partial charge < -0.3 is 0 Å². The normalized spacial score (nSPS) is 11.3. The molecule has 0 amide bonds. The van der Waals surface area contributed by atoms with E-state index in [1.807, 2.05) is 0 Å². The number of halogens is 1. The van der Waals surface area contributed by atoms with Crippen molar-refractivity contribution in [2.24, 2.45) is 0 Å². The second kappa shape index (κ2) is 6.55. The Bertz CT molecular complexity index is 835. The van der Waals surface area contributed by atoms with Gasteiger partial charge in [-0.3, -0.25) is 14.4 Å². The molecule has 6 nitrogen and oxygen atoms in total. The smallest absolute Gasteiger partial charge is 0.266 e. The number of hydrogen-bond donors (Lipinski definition) is 0. The molecule has 0 heterocycles. The van der Waals surface area contributed by atoms with E-state index in [1.165, 1.54) is 28.6 Å². The average molecular weight is 355 g/mol. The Morgan fingerprint density at radius 3 is 2.30 bits per heavy atom. The maximum Gasteiger partial charge on any atom is 0.269 e. The van der Waals surface area contributed by atoms with Crippen LogP contribution in [0.25, 0.3) is 0 Å². The third-order valence-corrected chi connectivity index (χ3v) is 5.50. The predicted molar refractivity (Wildman–Crippen MR) is 89.5 cm³/mol. The molecule has 0 aliphatic heterocycles. The minimum absolute atomic E-state index is 0.00988. The van der Waals surface area contributed by atoms with Crippen LogP contribution >= 0.6 is 11.6 Å². The fraction of sp³-hybridized carbons (Fsp3) is 0.200. The average Bonchev–Trinajstić information content (AvgIpc) is 2.51. The van der Waals surface area contributed by atoms with Crippen LogP contribution in [0.4, 0.5) is 11.4 Å². The van der Waals surface area contributed by atoms with Crippen molar-refractivity contribution in [3.05, 3.63) is 63.2 Å². The first-order valence-electron chi connectivity index (χ1n) is 6.80. The number of aryl methyl sites for hydroxylation is 1. The summed E-state index contributed by atoms with van der Waals surface area (Å²) in [5.41, 5.74) is 1.09.